The van der Waals surface area contributed by atoms with Crippen LogP contribution in [-0.2, 0) is 10.0 Å². The van der Waals surface area contributed by atoms with E-state index in [1.54, 1.807) is 32.2 Å². The molecule has 22 heavy (non-hydrogen) atoms. The summed E-state index contributed by atoms with van der Waals surface area (Å²) in [5.74, 6) is 0.308. The van der Waals surface area contributed by atoms with Gasteiger partial charge in [-0.15, -0.1) is 0 Å². The summed E-state index contributed by atoms with van der Waals surface area (Å²) in [6.45, 7) is 7.79. The Balaban J connectivity index is 2.38. The molecule has 1 aromatic carbocycles. The van der Waals surface area contributed by atoms with E-state index in [-0.39, 0.29) is 10.9 Å². The molecule has 5 heteroatoms. The summed E-state index contributed by atoms with van der Waals surface area (Å²) in [6.07, 6.45) is 1.78. The lowest BCUT2D eigenvalue weighted by atomic mass is 9.98. The molecular formula is C17H22N2O2S. The highest BCUT2D eigenvalue weighted by molar-refractivity contribution is 7.89. The smallest absolute Gasteiger partial charge is 0.240 e. The average molecular weight is 318 g/mol. The van der Waals surface area contributed by atoms with Gasteiger partial charge in [0.05, 0.1) is 10.6 Å². The van der Waals surface area contributed by atoms with Crippen molar-refractivity contribution in [2.45, 2.75) is 44.6 Å². The maximum absolute atomic E-state index is 12.1. The van der Waals surface area contributed by atoms with Crippen LogP contribution in [0, 0.1) is 0 Å². The normalized spacial score (nSPS) is 12.1. The molecule has 4 nitrogen and oxygen atoms in total. The zero-order valence-corrected chi connectivity index (χ0v) is 14.2. The Morgan fingerprint density at radius 2 is 1.64 bits per heavy atom. The van der Waals surface area contributed by atoms with Crippen molar-refractivity contribution in [1.29, 1.82) is 0 Å². The summed E-state index contributed by atoms with van der Waals surface area (Å²) in [7, 11) is -3.45. The molecule has 0 radical (unpaired) electrons. The van der Waals surface area contributed by atoms with Crippen LogP contribution in [0.15, 0.2) is 47.5 Å². The Kier molecular flexibility index (Phi) is 4.98. The lowest BCUT2D eigenvalue weighted by Crippen LogP contribution is -2.30. The van der Waals surface area contributed by atoms with E-state index < -0.39 is 10.0 Å². The minimum absolute atomic E-state index is 0.129. The first-order valence-electron chi connectivity index (χ1n) is 7.39. The largest absolute Gasteiger partial charge is 0.260 e. The highest BCUT2D eigenvalue weighted by atomic mass is 32.2. The van der Waals surface area contributed by atoms with E-state index in [1.807, 2.05) is 24.3 Å². The molecule has 2 aromatic rings. The molecule has 1 N–H and O–H groups in total. The van der Waals surface area contributed by atoms with Gasteiger partial charge in [-0.25, -0.2) is 13.1 Å². The van der Waals surface area contributed by atoms with Gasteiger partial charge in [0.25, 0.3) is 0 Å². The third kappa shape index (κ3) is 3.72. The Bertz CT molecular complexity index is 736. The minimum Gasteiger partial charge on any atom is -0.260 e. The summed E-state index contributed by atoms with van der Waals surface area (Å²) in [5, 5.41) is 0. The lowest BCUT2D eigenvalue weighted by Gasteiger charge is -2.13. The second kappa shape index (κ2) is 6.58. The maximum atomic E-state index is 12.1. The predicted octanol–water partition coefficient (Wildman–Crippen LogP) is 3.56. The number of benzene rings is 1. The van der Waals surface area contributed by atoms with Gasteiger partial charge in [0.1, 0.15) is 0 Å². The van der Waals surface area contributed by atoms with Gasteiger partial charge in [0, 0.05) is 17.8 Å². The van der Waals surface area contributed by atoms with Crippen molar-refractivity contribution in [2.75, 3.05) is 0 Å². The highest BCUT2D eigenvalue weighted by Crippen LogP contribution is 2.28. The van der Waals surface area contributed by atoms with Crippen LogP contribution < -0.4 is 4.72 Å². The number of nitrogens with zero attached hydrogens (tertiary/aromatic N) is 1. The molecular weight excluding hydrogens is 296 g/mol. The summed E-state index contributed by atoms with van der Waals surface area (Å²) in [6, 6.07) is 10.7. The monoisotopic (exact) mass is 318 g/mol. The van der Waals surface area contributed by atoms with Crippen LogP contribution in [0.2, 0.25) is 0 Å². The standard InChI is InChI=1S/C17H22N2O2S/c1-12(2)17-16(6-5-11-18-17)14-7-9-15(10-8-14)22(20,21)19-13(3)4/h5-13,19H,1-4H3. The van der Waals surface area contributed by atoms with E-state index in [2.05, 4.69) is 23.6 Å². The molecule has 0 spiro atoms. The van der Waals surface area contributed by atoms with Gasteiger partial charge in [0.2, 0.25) is 10.0 Å². The SMILES string of the molecule is CC(C)NS(=O)(=O)c1ccc(-c2cccnc2C(C)C)cc1. The van der Waals surface area contributed by atoms with E-state index in [0.29, 0.717) is 5.92 Å². The predicted molar refractivity (Wildman–Crippen MR) is 89.2 cm³/mol. The fourth-order valence-corrected chi connectivity index (χ4v) is 3.56. The van der Waals surface area contributed by atoms with E-state index in [0.717, 1.165) is 16.8 Å². The molecule has 0 amide bonds. The van der Waals surface area contributed by atoms with Crippen molar-refractivity contribution in [1.82, 2.24) is 9.71 Å². The zero-order chi connectivity index (χ0) is 16.3. The van der Waals surface area contributed by atoms with Crippen molar-refractivity contribution in [3.05, 3.63) is 48.3 Å². The molecule has 2 rings (SSSR count). The number of hydrogen-bond acceptors (Lipinski definition) is 3. The van der Waals surface area contributed by atoms with Crippen molar-refractivity contribution in [3.8, 4) is 11.1 Å². The van der Waals surface area contributed by atoms with Crippen LogP contribution in [-0.4, -0.2) is 19.4 Å². The maximum Gasteiger partial charge on any atom is 0.240 e. The molecule has 0 atom stereocenters. The molecule has 1 heterocycles. The van der Waals surface area contributed by atoms with Crippen LogP contribution in [0.3, 0.4) is 0 Å². The molecule has 0 aliphatic carbocycles. The molecule has 118 valence electrons. The summed E-state index contributed by atoms with van der Waals surface area (Å²) in [4.78, 5) is 4.71. The Morgan fingerprint density at radius 3 is 2.18 bits per heavy atom. The third-order valence-corrected chi connectivity index (χ3v) is 4.93. The Morgan fingerprint density at radius 1 is 1.00 bits per heavy atom. The van der Waals surface area contributed by atoms with E-state index in [1.165, 1.54) is 0 Å². The number of rotatable bonds is 5. The van der Waals surface area contributed by atoms with Gasteiger partial charge in [-0.3, -0.25) is 4.98 Å². The van der Waals surface area contributed by atoms with Crippen LogP contribution in [0.4, 0.5) is 0 Å². The lowest BCUT2D eigenvalue weighted by molar-refractivity contribution is 0.570. The van der Waals surface area contributed by atoms with E-state index >= 15 is 0 Å². The number of nitrogens with one attached hydrogen (secondary N) is 1. The molecule has 0 saturated heterocycles. The average Bonchev–Trinajstić information content (AvgIpc) is 2.46. The quantitative estimate of drug-likeness (QED) is 0.917. The van der Waals surface area contributed by atoms with Crippen LogP contribution in [0.1, 0.15) is 39.3 Å². The van der Waals surface area contributed by atoms with Crippen molar-refractivity contribution < 1.29 is 8.42 Å². The molecule has 0 aliphatic rings. The second-order valence-electron chi connectivity index (χ2n) is 5.89. The Hall–Kier alpha value is -1.72. The van der Waals surface area contributed by atoms with Gasteiger partial charge in [-0.1, -0.05) is 32.0 Å². The first-order chi connectivity index (χ1) is 10.3. The number of aromatic nitrogens is 1. The number of sulfonamides is 1. The third-order valence-electron chi connectivity index (χ3n) is 3.25. The summed E-state index contributed by atoms with van der Waals surface area (Å²) >= 11 is 0. The molecule has 0 bridgehead atoms. The van der Waals surface area contributed by atoms with Crippen molar-refractivity contribution >= 4 is 10.0 Å². The number of pyridine rings is 1. The molecule has 1 aromatic heterocycles. The number of hydrogen-bond donors (Lipinski definition) is 1. The van der Waals surface area contributed by atoms with Gasteiger partial charge in [0.15, 0.2) is 0 Å². The van der Waals surface area contributed by atoms with Gasteiger partial charge in [-0.2, -0.15) is 0 Å². The topological polar surface area (TPSA) is 59.1 Å². The van der Waals surface area contributed by atoms with Gasteiger partial charge >= 0.3 is 0 Å². The molecule has 0 fully saturated rings. The molecule has 0 unspecified atom stereocenters. The minimum atomic E-state index is -3.45. The molecule has 0 aliphatic heterocycles. The van der Waals surface area contributed by atoms with Crippen molar-refractivity contribution in [3.63, 3.8) is 0 Å². The van der Waals surface area contributed by atoms with E-state index in [4.69, 9.17) is 0 Å². The fraction of sp³-hybridized carbons (Fsp3) is 0.353. The highest BCUT2D eigenvalue weighted by Gasteiger charge is 2.16. The first-order valence-corrected chi connectivity index (χ1v) is 8.87. The van der Waals surface area contributed by atoms with E-state index in [9.17, 15) is 8.42 Å². The molecule has 0 saturated carbocycles. The Labute approximate surface area is 132 Å². The fourth-order valence-electron chi connectivity index (χ4n) is 2.31. The summed E-state index contributed by atoms with van der Waals surface area (Å²) < 4.78 is 26.9. The second-order valence-corrected chi connectivity index (χ2v) is 7.61. The van der Waals surface area contributed by atoms with Gasteiger partial charge < -0.3 is 0 Å². The van der Waals surface area contributed by atoms with Crippen LogP contribution in [0.5, 0.6) is 0 Å². The van der Waals surface area contributed by atoms with Gasteiger partial charge in [-0.05, 0) is 43.5 Å². The first kappa shape index (κ1) is 16.6. The van der Waals surface area contributed by atoms with Crippen molar-refractivity contribution in [2.24, 2.45) is 0 Å². The zero-order valence-electron chi connectivity index (χ0n) is 13.4. The summed E-state index contributed by atoms with van der Waals surface area (Å²) in [5.41, 5.74) is 3.02. The van der Waals surface area contributed by atoms with Crippen LogP contribution >= 0.6 is 0 Å². The van der Waals surface area contributed by atoms with Crippen LogP contribution in [0.25, 0.3) is 11.1 Å².